The third-order valence-corrected chi connectivity index (χ3v) is 7.48. The molecule has 2 aromatic carbocycles. The Bertz CT molecular complexity index is 1510. The number of aromatic nitrogens is 1. The van der Waals surface area contributed by atoms with Gasteiger partial charge in [0, 0.05) is 41.8 Å². The zero-order chi connectivity index (χ0) is 22.7. The van der Waals surface area contributed by atoms with Crippen molar-refractivity contribution in [1.29, 1.82) is 0 Å². The Hall–Kier alpha value is -3.49. The van der Waals surface area contributed by atoms with Crippen LogP contribution in [0, 0.1) is 0 Å². The summed E-state index contributed by atoms with van der Waals surface area (Å²) in [5.41, 5.74) is 4.38. The average molecular weight is 461 g/mol. The number of likely N-dealkylation sites (tertiary alicyclic amines) is 1. The fourth-order valence-electron chi connectivity index (χ4n) is 4.37. The van der Waals surface area contributed by atoms with E-state index in [-0.39, 0.29) is 22.9 Å². The molecule has 2 aliphatic heterocycles. The van der Waals surface area contributed by atoms with E-state index in [0.717, 1.165) is 16.7 Å². The average Bonchev–Trinajstić information content (AvgIpc) is 3.24. The molecule has 2 unspecified atom stereocenters. The van der Waals surface area contributed by atoms with Crippen LogP contribution in [0.2, 0.25) is 0 Å². The van der Waals surface area contributed by atoms with Crippen molar-refractivity contribution in [3.8, 4) is 22.5 Å². The highest BCUT2D eigenvalue weighted by Crippen LogP contribution is 2.35. The molecule has 33 heavy (non-hydrogen) atoms. The molecule has 0 radical (unpaired) electrons. The van der Waals surface area contributed by atoms with Gasteiger partial charge in [-0.25, -0.2) is 8.42 Å². The van der Waals surface area contributed by atoms with Crippen molar-refractivity contribution in [3.05, 3.63) is 72.4 Å². The van der Waals surface area contributed by atoms with E-state index in [0.29, 0.717) is 35.6 Å². The van der Waals surface area contributed by atoms with Crippen molar-refractivity contribution >= 4 is 26.8 Å². The fourth-order valence-corrected chi connectivity index (χ4v) is 5.00. The lowest BCUT2D eigenvalue weighted by Gasteiger charge is -2.54. The highest BCUT2D eigenvalue weighted by molar-refractivity contribution is 7.90. The quantitative estimate of drug-likeness (QED) is 0.460. The Labute approximate surface area is 190 Å². The van der Waals surface area contributed by atoms with Gasteiger partial charge in [-0.15, -0.1) is 0 Å². The lowest BCUT2D eigenvalue weighted by molar-refractivity contribution is -0.195. The molecule has 166 valence electrons. The summed E-state index contributed by atoms with van der Waals surface area (Å²) in [6, 6.07) is 18.0. The number of furan rings is 1. The first-order valence-electron chi connectivity index (χ1n) is 10.6. The van der Waals surface area contributed by atoms with Crippen molar-refractivity contribution in [2.75, 3.05) is 19.4 Å². The van der Waals surface area contributed by atoms with Crippen LogP contribution in [0.5, 0.6) is 0 Å². The predicted molar refractivity (Wildman–Crippen MR) is 123 cm³/mol. The molecule has 4 aromatic rings. The molecular formula is C25H20N2O5S. The molecule has 2 atom stereocenters. The molecular weight excluding hydrogens is 440 g/mol. The lowest BCUT2D eigenvalue weighted by Crippen LogP contribution is -2.71. The molecule has 0 saturated carbocycles. The summed E-state index contributed by atoms with van der Waals surface area (Å²) in [6.45, 7) is 1.26. The number of fused-ring (bicyclic) bond motifs is 2. The number of carbonyl (C=O) groups is 1. The topological polar surface area (TPSA) is 89.7 Å². The van der Waals surface area contributed by atoms with Crippen LogP contribution in [0.25, 0.3) is 33.6 Å². The Morgan fingerprint density at radius 2 is 1.88 bits per heavy atom. The van der Waals surface area contributed by atoms with E-state index >= 15 is 0 Å². The summed E-state index contributed by atoms with van der Waals surface area (Å²) in [5.74, 6) is 0.603. The van der Waals surface area contributed by atoms with E-state index in [9.17, 15) is 13.2 Å². The van der Waals surface area contributed by atoms with E-state index in [1.54, 1.807) is 30.5 Å². The number of ether oxygens (including phenoxy) is 1. The number of sulfone groups is 1. The SMILES string of the molecule is CS(=O)(=O)c1ccc(-c2cc3nccc(-c4cccc(C(=O)N5CC6OCC65)c4)c3o2)cc1. The summed E-state index contributed by atoms with van der Waals surface area (Å²) in [4.78, 5) is 19.5. The van der Waals surface area contributed by atoms with E-state index < -0.39 is 9.84 Å². The van der Waals surface area contributed by atoms with Crippen molar-refractivity contribution in [3.63, 3.8) is 0 Å². The summed E-state index contributed by atoms with van der Waals surface area (Å²) in [5, 5.41) is 0. The normalized spacial score (nSPS) is 19.6. The van der Waals surface area contributed by atoms with Gasteiger partial charge < -0.3 is 14.1 Å². The van der Waals surface area contributed by atoms with Gasteiger partial charge in [0.05, 0.1) is 23.6 Å². The minimum absolute atomic E-state index is 0.0119. The van der Waals surface area contributed by atoms with Gasteiger partial charge in [0.25, 0.3) is 5.91 Å². The molecule has 0 aliphatic carbocycles. The molecule has 6 rings (SSSR count). The number of pyridine rings is 1. The van der Waals surface area contributed by atoms with Gasteiger partial charge in [0.2, 0.25) is 0 Å². The van der Waals surface area contributed by atoms with Crippen molar-refractivity contribution in [2.24, 2.45) is 0 Å². The standard InChI is InChI=1S/C25H20N2O5S/c1-33(29,30)18-7-5-15(6-8-18)22-12-20-24(32-22)19(9-10-26-20)16-3-2-4-17(11-16)25(28)27-13-23-21(27)14-31-23/h2-12,21,23H,13-14H2,1H3. The molecule has 2 aliphatic rings. The summed E-state index contributed by atoms with van der Waals surface area (Å²) in [7, 11) is -3.27. The second-order valence-corrected chi connectivity index (χ2v) is 10.5. The highest BCUT2D eigenvalue weighted by atomic mass is 32.2. The largest absolute Gasteiger partial charge is 0.454 e. The lowest BCUT2D eigenvalue weighted by atomic mass is 9.93. The number of benzene rings is 2. The van der Waals surface area contributed by atoms with E-state index in [4.69, 9.17) is 9.15 Å². The maximum absolute atomic E-state index is 12.9. The Morgan fingerprint density at radius 1 is 1.06 bits per heavy atom. The van der Waals surface area contributed by atoms with E-state index in [1.165, 1.54) is 6.26 Å². The maximum atomic E-state index is 12.9. The monoisotopic (exact) mass is 460 g/mol. The predicted octanol–water partition coefficient (Wildman–Crippen LogP) is 3.79. The Balaban J connectivity index is 1.35. The summed E-state index contributed by atoms with van der Waals surface area (Å²) >= 11 is 0. The van der Waals surface area contributed by atoms with Gasteiger partial charge in [-0.05, 0) is 48.0 Å². The van der Waals surface area contributed by atoms with Gasteiger partial charge in [-0.3, -0.25) is 9.78 Å². The van der Waals surface area contributed by atoms with Gasteiger partial charge in [0.15, 0.2) is 15.4 Å². The zero-order valence-electron chi connectivity index (χ0n) is 17.8. The third kappa shape index (κ3) is 3.34. The van der Waals surface area contributed by atoms with Crippen LogP contribution >= 0.6 is 0 Å². The molecule has 7 nitrogen and oxygen atoms in total. The van der Waals surface area contributed by atoms with Crippen LogP contribution in [-0.2, 0) is 14.6 Å². The van der Waals surface area contributed by atoms with E-state index in [1.807, 2.05) is 41.3 Å². The number of nitrogens with zero attached hydrogens (tertiary/aromatic N) is 2. The Morgan fingerprint density at radius 3 is 2.55 bits per heavy atom. The second-order valence-electron chi connectivity index (χ2n) is 8.46. The first-order valence-corrected chi connectivity index (χ1v) is 12.5. The number of carbonyl (C=O) groups excluding carboxylic acids is 1. The van der Waals surface area contributed by atoms with Crippen molar-refractivity contribution in [1.82, 2.24) is 9.88 Å². The maximum Gasteiger partial charge on any atom is 0.254 e. The number of amides is 1. The molecule has 0 bridgehead atoms. The molecule has 2 fully saturated rings. The minimum Gasteiger partial charge on any atom is -0.454 e. The van der Waals surface area contributed by atoms with Crippen LogP contribution in [0.15, 0.2) is 76.2 Å². The van der Waals surface area contributed by atoms with Gasteiger partial charge in [-0.1, -0.05) is 12.1 Å². The molecule has 1 amide bonds. The highest BCUT2D eigenvalue weighted by Gasteiger charge is 2.49. The van der Waals surface area contributed by atoms with Gasteiger partial charge in [-0.2, -0.15) is 0 Å². The number of hydrogen-bond acceptors (Lipinski definition) is 6. The number of hydrogen-bond donors (Lipinski definition) is 0. The third-order valence-electron chi connectivity index (χ3n) is 6.35. The smallest absolute Gasteiger partial charge is 0.254 e. The second kappa shape index (κ2) is 7.26. The number of morpholine rings is 1. The molecule has 4 heterocycles. The van der Waals surface area contributed by atoms with Gasteiger partial charge >= 0.3 is 0 Å². The van der Waals surface area contributed by atoms with Crippen molar-refractivity contribution in [2.45, 2.75) is 17.0 Å². The summed E-state index contributed by atoms with van der Waals surface area (Å²) < 4.78 is 35.0. The van der Waals surface area contributed by atoms with Gasteiger partial charge in [0.1, 0.15) is 11.3 Å². The zero-order valence-corrected chi connectivity index (χ0v) is 18.6. The van der Waals surface area contributed by atoms with Crippen molar-refractivity contribution < 1.29 is 22.4 Å². The van der Waals surface area contributed by atoms with E-state index in [2.05, 4.69) is 4.98 Å². The molecule has 0 spiro atoms. The Kier molecular flexibility index (Phi) is 4.43. The molecule has 0 N–H and O–H groups in total. The van der Waals surface area contributed by atoms with Crippen LogP contribution in [-0.4, -0.2) is 55.8 Å². The molecule has 2 saturated heterocycles. The molecule has 8 heteroatoms. The van der Waals surface area contributed by atoms with Crippen LogP contribution in [0.1, 0.15) is 10.4 Å². The number of rotatable bonds is 4. The van der Waals surface area contributed by atoms with Crippen LogP contribution in [0.3, 0.4) is 0 Å². The minimum atomic E-state index is -3.27. The summed E-state index contributed by atoms with van der Waals surface area (Å²) in [6.07, 6.45) is 3.09. The van der Waals surface area contributed by atoms with Crippen LogP contribution < -0.4 is 0 Å². The van der Waals surface area contributed by atoms with Crippen LogP contribution in [0.4, 0.5) is 0 Å². The molecule has 2 aromatic heterocycles. The first kappa shape index (κ1) is 20.1. The fraction of sp³-hybridized carbons (Fsp3) is 0.200. The first-order chi connectivity index (χ1) is 15.9.